The second-order valence-electron chi connectivity index (χ2n) is 6.33. The summed E-state index contributed by atoms with van der Waals surface area (Å²) in [5.74, 6) is 0.309. The van der Waals surface area contributed by atoms with E-state index in [-0.39, 0.29) is 22.5 Å². The molecule has 0 radical (unpaired) electrons. The molecule has 0 saturated heterocycles. The highest BCUT2D eigenvalue weighted by Crippen LogP contribution is 2.24. The van der Waals surface area contributed by atoms with E-state index in [4.69, 9.17) is 12.2 Å². The number of amides is 1. The zero-order valence-corrected chi connectivity index (χ0v) is 17.7. The van der Waals surface area contributed by atoms with Gasteiger partial charge in [0.15, 0.2) is 5.11 Å². The minimum absolute atomic E-state index is 0.0943. The Hall–Kier alpha value is -2.98. The maximum atomic E-state index is 12.2. The predicted molar refractivity (Wildman–Crippen MR) is 121 cm³/mol. The fraction of sp³-hybridized carbons (Fsp3) is 0.143. The van der Waals surface area contributed by atoms with Crippen molar-refractivity contribution in [1.82, 2.24) is 10.9 Å². The van der Waals surface area contributed by atoms with E-state index in [2.05, 4.69) is 27.0 Å². The van der Waals surface area contributed by atoms with Crippen molar-refractivity contribution in [3.05, 3.63) is 72.3 Å². The van der Waals surface area contributed by atoms with Crippen LogP contribution in [0.4, 0.5) is 18.9 Å². The van der Waals surface area contributed by atoms with E-state index in [1.807, 2.05) is 36.4 Å². The zero-order chi connectivity index (χ0) is 22.3. The summed E-state index contributed by atoms with van der Waals surface area (Å²) in [5, 5.41) is 5.16. The summed E-state index contributed by atoms with van der Waals surface area (Å²) in [4.78, 5) is 12.0. The van der Waals surface area contributed by atoms with Crippen molar-refractivity contribution in [2.24, 2.45) is 0 Å². The van der Waals surface area contributed by atoms with Crippen LogP contribution < -0.4 is 20.9 Å². The number of benzene rings is 3. The molecule has 1 amide bonds. The molecule has 0 saturated carbocycles. The number of halogens is 3. The Balaban J connectivity index is 1.39. The third-order valence-electron chi connectivity index (χ3n) is 4.03. The van der Waals surface area contributed by atoms with Crippen LogP contribution in [0.25, 0.3) is 10.8 Å². The first-order valence-corrected chi connectivity index (χ1v) is 10.6. The standard InChI is InChI=1S/C21H18F3N3O2S2/c22-21(23,24)29-17-10-8-16(9-11-17)25-20(30)27-26-19(28)13-31-12-15-6-3-5-14-4-1-2-7-18(14)15/h1-11H,12-13H2,(H,26,28)(H2,25,27,30). The number of rotatable bonds is 6. The van der Waals surface area contributed by atoms with Crippen LogP contribution in [0, 0.1) is 0 Å². The fourth-order valence-electron chi connectivity index (χ4n) is 2.74. The van der Waals surface area contributed by atoms with Crippen molar-refractivity contribution in [2.45, 2.75) is 12.1 Å². The first-order valence-electron chi connectivity index (χ1n) is 9.06. The summed E-state index contributed by atoms with van der Waals surface area (Å²) in [7, 11) is 0. The van der Waals surface area contributed by atoms with Gasteiger partial charge in [-0.15, -0.1) is 24.9 Å². The van der Waals surface area contributed by atoms with Gasteiger partial charge in [0.25, 0.3) is 0 Å². The van der Waals surface area contributed by atoms with Gasteiger partial charge in [-0.3, -0.25) is 15.6 Å². The van der Waals surface area contributed by atoms with E-state index < -0.39 is 6.36 Å². The maximum absolute atomic E-state index is 12.2. The van der Waals surface area contributed by atoms with Gasteiger partial charge in [0.2, 0.25) is 5.91 Å². The van der Waals surface area contributed by atoms with E-state index in [1.54, 1.807) is 0 Å². The van der Waals surface area contributed by atoms with E-state index in [9.17, 15) is 18.0 Å². The van der Waals surface area contributed by atoms with Crippen LogP contribution in [0.2, 0.25) is 0 Å². The quantitative estimate of drug-likeness (QED) is 0.352. The predicted octanol–water partition coefficient (Wildman–Crippen LogP) is 4.99. The number of ether oxygens (including phenoxy) is 1. The lowest BCUT2D eigenvalue weighted by atomic mass is 10.1. The summed E-state index contributed by atoms with van der Waals surface area (Å²) >= 11 is 6.53. The number of thioether (sulfide) groups is 1. The Morgan fingerprint density at radius 2 is 1.68 bits per heavy atom. The van der Waals surface area contributed by atoms with Crippen LogP contribution in [0.3, 0.4) is 0 Å². The Morgan fingerprint density at radius 3 is 2.42 bits per heavy atom. The Morgan fingerprint density at radius 1 is 0.968 bits per heavy atom. The van der Waals surface area contributed by atoms with Crippen LogP contribution in [0.1, 0.15) is 5.56 Å². The summed E-state index contributed by atoms with van der Waals surface area (Å²) in [6.45, 7) is 0. The van der Waals surface area contributed by atoms with Crippen LogP contribution in [0.5, 0.6) is 5.75 Å². The number of carbonyl (C=O) groups is 1. The van der Waals surface area contributed by atoms with Crippen molar-refractivity contribution in [3.63, 3.8) is 0 Å². The molecule has 0 fully saturated rings. The molecular weight excluding hydrogens is 447 g/mol. The molecule has 3 rings (SSSR count). The fourth-order valence-corrected chi connectivity index (χ4v) is 3.74. The molecule has 0 aliphatic carbocycles. The van der Waals surface area contributed by atoms with Crippen molar-refractivity contribution < 1.29 is 22.7 Å². The number of hydrogen-bond donors (Lipinski definition) is 3. The summed E-state index contributed by atoms with van der Waals surface area (Å²) in [6, 6.07) is 19.2. The number of anilines is 1. The Kier molecular flexibility index (Phi) is 7.59. The highest BCUT2D eigenvalue weighted by atomic mass is 32.2. The van der Waals surface area contributed by atoms with Gasteiger partial charge < -0.3 is 10.1 Å². The molecule has 3 N–H and O–H groups in total. The second-order valence-corrected chi connectivity index (χ2v) is 7.72. The molecule has 162 valence electrons. The largest absolute Gasteiger partial charge is 0.573 e. The van der Waals surface area contributed by atoms with Crippen LogP contribution in [0.15, 0.2) is 66.7 Å². The second kappa shape index (κ2) is 10.4. The third kappa shape index (κ3) is 7.34. The number of nitrogens with one attached hydrogen (secondary N) is 3. The summed E-state index contributed by atoms with van der Waals surface area (Å²) < 4.78 is 40.3. The minimum atomic E-state index is -4.75. The van der Waals surface area contributed by atoms with Gasteiger partial charge in [-0.2, -0.15) is 0 Å². The lowest BCUT2D eigenvalue weighted by Gasteiger charge is -2.13. The average molecular weight is 466 g/mol. The molecule has 0 atom stereocenters. The molecule has 0 aliphatic rings. The van der Waals surface area contributed by atoms with E-state index >= 15 is 0 Å². The third-order valence-corrected chi connectivity index (χ3v) is 5.22. The van der Waals surface area contributed by atoms with Gasteiger partial charge in [0, 0.05) is 11.4 Å². The molecule has 3 aromatic rings. The van der Waals surface area contributed by atoms with Gasteiger partial charge in [-0.25, -0.2) is 0 Å². The molecule has 5 nitrogen and oxygen atoms in total. The number of thiocarbonyl (C=S) groups is 1. The van der Waals surface area contributed by atoms with E-state index in [1.165, 1.54) is 23.9 Å². The van der Waals surface area contributed by atoms with Crippen LogP contribution in [-0.4, -0.2) is 23.1 Å². The zero-order valence-electron chi connectivity index (χ0n) is 16.0. The Labute approximate surface area is 186 Å². The molecule has 0 unspecified atom stereocenters. The van der Waals surface area contributed by atoms with Crippen LogP contribution >= 0.6 is 24.0 Å². The highest BCUT2D eigenvalue weighted by molar-refractivity contribution is 7.99. The van der Waals surface area contributed by atoms with Gasteiger partial charge in [-0.05, 0) is 52.8 Å². The van der Waals surface area contributed by atoms with Crippen molar-refractivity contribution in [1.29, 1.82) is 0 Å². The first-order chi connectivity index (χ1) is 14.8. The van der Waals surface area contributed by atoms with Crippen molar-refractivity contribution >= 4 is 51.5 Å². The van der Waals surface area contributed by atoms with Gasteiger partial charge in [0.1, 0.15) is 5.75 Å². The Bertz CT molecular complexity index is 1050. The number of alkyl halides is 3. The molecular formula is C21H18F3N3O2S2. The molecule has 0 aromatic heterocycles. The summed E-state index contributed by atoms with van der Waals surface area (Å²) in [6.07, 6.45) is -4.75. The van der Waals surface area contributed by atoms with Crippen molar-refractivity contribution in [3.8, 4) is 5.75 Å². The van der Waals surface area contributed by atoms with E-state index in [0.717, 1.165) is 28.5 Å². The topological polar surface area (TPSA) is 62.4 Å². The summed E-state index contributed by atoms with van der Waals surface area (Å²) in [5.41, 5.74) is 6.63. The number of carbonyl (C=O) groups excluding carboxylic acids is 1. The lowest BCUT2D eigenvalue weighted by Crippen LogP contribution is -2.44. The number of hydrogen-bond acceptors (Lipinski definition) is 4. The minimum Gasteiger partial charge on any atom is -0.406 e. The maximum Gasteiger partial charge on any atom is 0.573 e. The van der Waals surface area contributed by atoms with Gasteiger partial charge >= 0.3 is 6.36 Å². The number of fused-ring (bicyclic) bond motifs is 1. The van der Waals surface area contributed by atoms with Crippen LogP contribution in [-0.2, 0) is 10.5 Å². The SMILES string of the molecule is O=C(CSCc1cccc2ccccc12)NNC(=S)Nc1ccc(OC(F)(F)F)cc1. The number of hydrazine groups is 1. The molecule has 10 heteroatoms. The van der Waals surface area contributed by atoms with Gasteiger partial charge in [-0.1, -0.05) is 42.5 Å². The average Bonchev–Trinajstić information content (AvgIpc) is 2.73. The monoisotopic (exact) mass is 465 g/mol. The molecule has 3 aromatic carbocycles. The smallest absolute Gasteiger partial charge is 0.406 e. The first kappa shape index (κ1) is 22.7. The van der Waals surface area contributed by atoms with Crippen molar-refractivity contribution in [2.75, 3.05) is 11.1 Å². The molecule has 0 aliphatic heterocycles. The molecule has 0 heterocycles. The molecule has 0 bridgehead atoms. The molecule has 31 heavy (non-hydrogen) atoms. The highest BCUT2D eigenvalue weighted by Gasteiger charge is 2.30. The van der Waals surface area contributed by atoms with Gasteiger partial charge in [0.05, 0.1) is 5.75 Å². The van der Waals surface area contributed by atoms with E-state index in [0.29, 0.717) is 11.4 Å². The molecule has 0 spiro atoms. The normalized spacial score (nSPS) is 11.1. The lowest BCUT2D eigenvalue weighted by molar-refractivity contribution is -0.274.